The van der Waals surface area contributed by atoms with Crippen molar-refractivity contribution < 1.29 is 4.39 Å². The summed E-state index contributed by atoms with van der Waals surface area (Å²) < 4.78 is 15.3. The van der Waals surface area contributed by atoms with Gasteiger partial charge in [0.1, 0.15) is 5.67 Å². The van der Waals surface area contributed by atoms with E-state index in [-0.39, 0.29) is 0 Å². The van der Waals surface area contributed by atoms with Crippen LogP contribution in [0.15, 0.2) is 30.3 Å². The van der Waals surface area contributed by atoms with Crippen molar-refractivity contribution in [3.63, 3.8) is 0 Å². The zero-order valence-electron chi connectivity index (χ0n) is 17.9. The van der Waals surface area contributed by atoms with Crippen LogP contribution in [0, 0.1) is 11.8 Å². The Hall–Kier alpha value is -0.970. The minimum atomic E-state index is -1.01. The van der Waals surface area contributed by atoms with Crippen molar-refractivity contribution in [2.45, 2.75) is 62.6 Å². The number of halogens is 1. The number of benzene rings is 1. The largest absolute Gasteiger partial charge is 0.310 e. The SMILES string of the molecule is FC1(CNC2CC2c2ccccc2)CCN(CC2CCN(CC3CC3)CC2)CC1. The molecule has 1 N–H and O–H groups in total. The predicted octanol–water partition coefficient (Wildman–Crippen LogP) is 4.06. The maximum atomic E-state index is 15.3. The summed E-state index contributed by atoms with van der Waals surface area (Å²) in [4.78, 5) is 5.23. The third kappa shape index (κ3) is 5.39. The Kier molecular flexibility index (Phi) is 5.95. The number of hydrogen-bond donors (Lipinski definition) is 1. The normalized spacial score (nSPS) is 31.1. The Labute approximate surface area is 176 Å². The molecule has 29 heavy (non-hydrogen) atoms. The van der Waals surface area contributed by atoms with Crippen molar-refractivity contribution in [2.75, 3.05) is 45.8 Å². The summed E-state index contributed by atoms with van der Waals surface area (Å²) in [6.45, 7) is 7.53. The van der Waals surface area contributed by atoms with Crippen LogP contribution in [-0.2, 0) is 0 Å². The Morgan fingerprint density at radius 2 is 1.48 bits per heavy atom. The Morgan fingerprint density at radius 3 is 2.14 bits per heavy atom. The molecule has 3 nitrogen and oxygen atoms in total. The second kappa shape index (κ2) is 8.64. The summed E-state index contributed by atoms with van der Waals surface area (Å²) >= 11 is 0. The lowest BCUT2D eigenvalue weighted by Gasteiger charge is -2.40. The highest BCUT2D eigenvalue weighted by Gasteiger charge is 2.41. The maximum Gasteiger partial charge on any atom is 0.125 e. The van der Waals surface area contributed by atoms with E-state index in [1.165, 1.54) is 57.4 Å². The molecule has 2 atom stereocenters. The smallest absolute Gasteiger partial charge is 0.125 e. The highest BCUT2D eigenvalue weighted by atomic mass is 19.1. The highest BCUT2D eigenvalue weighted by Crippen LogP contribution is 2.41. The van der Waals surface area contributed by atoms with Crippen LogP contribution in [0.25, 0.3) is 0 Å². The quantitative estimate of drug-likeness (QED) is 0.711. The zero-order chi connectivity index (χ0) is 19.7. The van der Waals surface area contributed by atoms with Crippen LogP contribution in [-0.4, -0.2) is 67.3 Å². The van der Waals surface area contributed by atoms with Crippen LogP contribution in [0.4, 0.5) is 4.39 Å². The summed E-state index contributed by atoms with van der Waals surface area (Å²) in [5, 5.41) is 3.54. The molecular formula is C25H38FN3. The van der Waals surface area contributed by atoms with Gasteiger partial charge in [0.05, 0.1) is 0 Å². The lowest BCUT2D eigenvalue weighted by molar-refractivity contribution is 0.0436. The van der Waals surface area contributed by atoms with Gasteiger partial charge in [-0.15, -0.1) is 0 Å². The first kappa shape index (κ1) is 20.0. The standard InChI is InChI=1S/C25H38FN3/c26-25(19-27-24-16-23(24)22-4-2-1-3-5-22)10-14-29(15-11-25)18-21-8-12-28(13-9-21)17-20-6-7-20/h1-5,20-21,23-24,27H,6-19H2. The summed E-state index contributed by atoms with van der Waals surface area (Å²) in [7, 11) is 0. The van der Waals surface area contributed by atoms with Gasteiger partial charge in [0.2, 0.25) is 0 Å². The number of rotatable bonds is 8. The fourth-order valence-electron chi connectivity index (χ4n) is 5.50. The van der Waals surface area contributed by atoms with Crippen LogP contribution in [0.2, 0.25) is 0 Å². The van der Waals surface area contributed by atoms with Gasteiger partial charge >= 0.3 is 0 Å². The van der Waals surface area contributed by atoms with Crippen molar-refractivity contribution in [1.29, 1.82) is 0 Å². The number of likely N-dealkylation sites (tertiary alicyclic amines) is 2. The predicted molar refractivity (Wildman–Crippen MR) is 117 cm³/mol. The molecule has 2 saturated heterocycles. The molecule has 0 amide bonds. The zero-order valence-corrected chi connectivity index (χ0v) is 17.9. The van der Waals surface area contributed by atoms with Gasteiger partial charge in [0.15, 0.2) is 0 Å². The monoisotopic (exact) mass is 399 g/mol. The van der Waals surface area contributed by atoms with Gasteiger partial charge in [-0.3, -0.25) is 0 Å². The topological polar surface area (TPSA) is 18.5 Å². The maximum absolute atomic E-state index is 15.3. The molecule has 0 bridgehead atoms. The molecule has 4 heteroatoms. The van der Waals surface area contributed by atoms with E-state index in [0.29, 0.717) is 31.3 Å². The Bertz CT molecular complexity index is 645. The second-order valence-corrected chi connectivity index (χ2v) is 10.4. The molecule has 2 saturated carbocycles. The molecular weight excluding hydrogens is 361 g/mol. The molecule has 1 aromatic carbocycles. The van der Waals surface area contributed by atoms with Crippen molar-refractivity contribution in [1.82, 2.24) is 15.1 Å². The number of alkyl halides is 1. The summed E-state index contributed by atoms with van der Waals surface area (Å²) in [6, 6.07) is 11.2. The molecule has 0 aromatic heterocycles. The van der Waals surface area contributed by atoms with Crippen molar-refractivity contribution in [3.8, 4) is 0 Å². The average molecular weight is 400 g/mol. The molecule has 2 aliphatic heterocycles. The number of piperidine rings is 2. The summed E-state index contributed by atoms with van der Waals surface area (Å²) in [6.07, 6.45) is 8.16. The number of nitrogens with one attached hydrogen (secondary N) is 1. The van der Waals surface area contributed by atoms with Crippen molar-refractivity contribution in [3.05, 3.63) is 35.9 Å². The van der Waals surface area contributed by atoms with Gasteiger partial charge in [-0.25, -0.2) is 4.39 Å². The first-order valence-electron chi connectivity index (χ1n) is 12.1. The van der Waals surface area contributed by atoms with Crippen molar-refractivity contribution >= 4 is 0 Å². The van der Waals surface area contributed by atoms with Gasteiger partial charge in [0, 0.05) is 44.7 Å². The second-order valence-electron chi connectivity index (χ2n) is 10.4. The summed E-state index contributed by atoms with van der Waals surface area (Å²) in [5.41, 5.74) is 0.393. The van der Waals surface area contributed by atoms with Gasteiger partial charge < -0.3 is 15.1 Å². The van der Waals surface area contributed by atoms with E-state index in [9.17, 15) is 0 Å². The van der Waals surface area contributed by atoms with E-state index < -0.39 is 5.67 Å². The lowest BCUT2D eigenvalue weighted by atomic mass is 9.90. The van der Waals surface area contributed by atoms with Crippen LogP contribution in [0.1, 0.15) is 56.4 Å². The fourth-order valence-corrected chi connectivity index (χ4v) is 5.50. The van der Waals surface area contributed by atoms with Crippen LogP contribution in [0.3, 0.4) is 0 Å². The fraction of sp³-hybridized carbons (Fsp3) is 0.760. The lowest BCUT2D eigenvalue weighted by Crippen LogP contribution is -2.49. The molecule has 2 unspecified atom stereocenters. The molecule has 4 aliphatic rings. The molecule has 2 aliphatic carbocycles. The van der Waals surface area contributed by atoms with E-state index in [2.05, 4.69) is 45.4 Å². The average Bonchev–Trinajstić information content (AvgIpc) is 3.67. The number of hydrogen-bond acceptors (Lipinski definition) is 3. The van der Waals surface area contributed by atoms with E-state index in [1.807, 2.05) is 0 Å². The molecule has 2 heterocycles. The third-order valence-corrected chi connectivity index (χ3v) is 7.89. The van der Waals surface area contributed by atoms with E-state index >= 15 is 4.39 Å². The minimum Gasteiger partial charge on any atom is -0.310 e. The molecule has 5 rings (SSSR count). The van der Waals surface area contributed by atoms with Crippen LogP contribution >= 0.6 is 0 Å². The molecule has 1 aromatic rings. The van der Waals surface area contributed by atoms with Crippen LogP contribution < -0.4 is 5.32 Å². The van der Waals surface area contributed by atoms with Gasteiger partial charge in [-0.05, 0) is 75.4 Å². The molecule has 0 radical (unpaired) electrons. The van der Waals surface area contributed by atoms with E-state index in [4.69, 9.17) is 0 Å². The van der Waals surface area contributed by atoms with E-state index in [0.717, 1.165) is 31.3 Å². The highest BCUT2D eigenvalue weighted by molar-refractivity contribution is 5.27. The Morgan fingerprint density at radius 1 is 0.862 bits per heavy atom. The first-order chi connectivity index (χ1) is 14.2. The third-order valence-electron chi connectivity index (χ3n) is 7.89. The molecule has 4 fully saturated rings. The summed E-state index contributed by atoms with van der Waals surface area (Å²) in [5.74, 6) is 2.43. The number of nitrogens with zero attached hydrogens (tertiary/aromatic N) is 2. The minimum absolute atomic E-state index is 0.476. The van der Waals surface area contributed by atoms with Gasteiger partial charge in [0.25, 0.3) is 0 Å². The molecule has 0 spiro atoms. The first-order valence-corrected chi connectivity index (χ1v) is 12.1. The molecule has 160 valence electrons. The van der Waals surface area contributed by atoms with Gasteiger partial charge in [-0.1, -0.05) is 30.3 Å². The van der Waals surface area contributed by atoms with E-state index in [1.54, 1.807) is 0 Å². The van der Waals surface area contributed by atoms with Crippen LogP contribution in [0.5, 0.6) is 0 Å². The van der Waals surface area contributed by atoms with Gasteiger partial charge in [-0.2, -0.15) is 0 Å². The van der Waals surface area contributed by atoms with Crippen molar-refractivity contribution in [2.24, 2.45) is 11.8 Å². The Balaban J connectivity index is 0.994.